The Morgan fingerprint density at radius 3 is 2.86 bits per heavy atom. The van der Waals surface area contributed by atoms with Crippen molar-refractivity contribution >= 4 is 45.3 Å². The highest BCUT2D eigenvalue weighted by Gasteiger charge is 2.16. The van der Waals surface area contributed by atoms with Crippen LogP contribution >= 0.6 is 23.5 Å². The van der Waals surface area contributed by atoms with Gasteiger partial charge >= 0.3 is 0 Å². The van der Waals surface area contributed by atoms with E-state index in [9.17, 15) is 9.18 Å². The van der Waals surface area contributed by atoms with E-state index >= 15 is 0 Å². The van der Waals surface area contributed by atoms with Crippen LogP contribution in [-0.2, 0) is 10.5 Å². The SMILES string of the molecule is Cc1cc(NC(=O)CSC2=Nc3ccccc3CS2)n(-c2ccc(F)cc2)n1. The lowest BCUT2D eigenvalue weighted by atomic mass is 10.2. The highest BCUT2D eigenvalue weighted by Crippen LogP contribution is 2.34. The van der Waals surface area contributed by atoms with E-state index in [1.165, 1.54) is 29.5 Å². The predicted molar refractivity (Wildman–Crippen MR) is 114 cm³/mol. The zero-order valence-electron chi connectivity index (χ0n) is 15.1. The summed E-state index contributed by atoms with van der Waals surface area (Å²) in [7, 11) is 0. The van der Waals surface area contributed by atoms with Crippen LogP contribution in [0, 0.1) is 12.7 Å². The van der Waals surface area contributed by atoms with Gasteiger partial charge in [0.15, 0.2) is 0 Å². The number of thioether (sulfide) groups is 2. The molecule has 2 heterocycles. The Morgan fingerprint density at radius 2 is 2.04 bits per heavy atom. The highest BCUT2D eigenvalue weighted by molar-refractivity contribution is 8.38. The van der Waals surface area contributed by atoms with Gasteiger partial charge in [0.2, 0.25) is 5.91 Å². The lowest BCUT2D eigenvalue weighted by Gasteiger charge is -2.14. The molecule has 3 aromatic rings. The molecule has 5 nitrogen and oxygen atoms in total. The van der Waals surface area contributed by atoms with Crippen LogP contribution in [0.15, 0.2) is 59.6 Å². The molecule has 1 aromatic heterocycles. The van der Waals surface area contributed by atoms with E-state index in [-0.39, 0.29) is 17.5 Å². The van der Waals surface area contributed by atoms with Crippen molar-refractivity contribution in [2.75, 3.05) is 11.1 Å². The minimum absolute atomic E-state index is 0.143. The second-order valence-electron chi connectivity index (χ2n) is 6.19. The van der Waals surface area contributed by atoms with Crippen LogP contribution in [0.25, 0.3) is 5.69 Å². The van der Waals surface area contributed by atoms with E-state index in [1.54, 1.807) is 34.6 Å². The number of nitrogens with zero attached hydrogens (tertiary/aromatic N) is 3. The van der Waals surface area contributed by atoms with Gasteiger partial charge in [-0.05, 0) is 42.8 Å². The second kappa shape index (κ2) is 8.20. The zero-order chi connectivity index (χ0) is 19.5. The molecule has 28 heavy (non-hydrogen) atoms. The van der Waals surface area contributed by atoms with E-state index in [0.717, 1.165) is 21.5 Å². The second-order valence-corrected chi connectivity index (χ2v) is 8.38. The van der Waals surface area contributed by atoms with E-state index in [4.69, 9.17) is 0 Å². The van der Waals surface area contributed by atoms with Gasteiger partial charge in [-0.1, -0.05) is 41.7 Å². The number of hydrogen-bond donors (Lipinski definition) is 1. The van der Waals surface area contributed by atoms with Crippen molar-refractivity contribution in [2.24, 2.45) is 4.99 Å². The maximum Gasteiger partial charge on any atom is 0.235 e. The molecule has 0 saturated carbocycles. The third kappa shape index (κ3) is 4.28. The number of halogens is 1. The van der Waals surface area contributed by atoms with Crippen molar-refractivity contribution in [3.63, 3.8) is 0 Å². The van der Waals surface area contributed by atoms with E-state index in [2.05, 4.69) is 21.5 Å². The van der Waals surface area contributed by atoms with Crippen molar-refractivity contribution in [1.29, 1.82) is 0 Å². The van der Waals surface area contributed by atoms with Crippen molar-refractivity contribution < 1.29 is 9.18 Å². The molecule has 0 bridgehead atoms. The molecule has 0 spiro atoms. The molecule has 0 unspecified atom stereocenters. The number of carbonyl (C=O) groups excluding carboxylic acids is 1. The largest absolute Gasteiger partial charge is 0.310 e. The molecule has 8 heteroatoms. The number of fused-ring (bicyclic) bond motifs is 1. The predicted octanol–water partition coefficient (Wildman–Crippen LogP) is 4.93. The fourth-order valence-electron chi connectivity index (χ4n) is 2.76. The minimum Gasteiger partial charge on any atom is -0.310 e. The number of nitrogens with one attached hydrogen (secondary N) is 1. The fraction of sp³-hybridized carbons (Fsp3) is 0.150. The number of carbonyl (C=O) groups is 1. The Hall–Kier alpha value is -2.58. The van der Waals surface area contributed by atoms with Gasteiger partial charge in [0.1, 0.15) is 16.0 Å². The summed E-state index contributed by atoms with van der Waals surface area (Å²) in [6, 6.07) is 15.8. The average Bonchev–Trinajstić information content (AvgIpc) is 3.06. The van der Waals surface area contributed by atoms with E-state index < -0.39 is 0 Å². The minimum atomic E-state index is -0.318. The van der Waals surface area contributed by atoms with Crippen LogP contribution in [-0.4, -0.2) is 25.8 Å². The summed E-state index contributed by atoms with van der Waals surface area (Å²) in [4.78, 5) is 17.1. The lowest BCUT2D eigenvalue weighted by molar-refractivity contribution is -0.113. The Labute approximate surface area is 170 Å². The molecule has 1 aliphatic heterocycles. The lowest BCUT2D eigenvalue weighted by Crippen LogP contribution is -2.17. The quantitative estimate of drug-likeness (QED) is 0.660. The van der Waals surface area contributed by atoms with Gasteiger partial charge in [0, 0.05) is 11.8 Å². The molecule has 0 radical (unpaired) electrons. The molecule has 0 atom stereocenters. The van der Waals surface area contributed by atoms with Gasteiger partial charge in [0.25, 0.3) is 0 Å². The van der Waals surface area contributed by atoms with Gasteiger partial charge in [0.05, 0.1) is 22.8 Å². The molecular formula is C20H17FN4OS2. The maximum absolute atomic E-state index is 13.2. The molecule has 0 saturated heterocycles. The standard InChI is InChI=1S/C20H17FN4OS2/c1-13-10-18(25(24-13)16-8-6-15(21)7-9-16)23-19(26)12-28-20-22-17-5-3-2-4-14(17)11-27-20/h2-10H,11-12H2,1H3,(H,23,26). The Morgan fingerprint density at radius 1 is 1.25 bits per heavy atom. The molecule has 0 fully saturated rings. The number of aryl methyl sites for hydroxylation is 1. The normalized spacial score (nSPS) is 13.0. The smallest absolute Gasteiger partial charge is 0.235 e. The molecule has 2 aromatic carbocycles. The van der Waals surface area contributed by atoms with Crippen LogP contribution in [0.2, 0.25) is 0 Å². The summed E-state index contributed by atoms with van der Waals surface area (Å²) < 4.78 is 15.7. The molecule has 0 aliphatic carbocycles. The first kappa shape index (κ1) is 18.8. The third-order valence-corrected chi connectivity index (χ3v) is 6.30. The van der Waals surface area contributed by atoms with Crippen molar-refractivity contribution in [2.45, 2.75) is 12.7 Å². The molecule has 142 valence electrons. The molecule has 1 amide bonds. The summed E-state index contributed by atoms with van der Waals surface area (Å²) in [6.45, 7) is 1.84. The fourth-order valence-corrected chi connectivity index (χ4v) is 4.62. The number of para-hydroxylation sites is 1. The first-order chi connectivity index (χ1) is 13.6. The van der Waals surface area contributed by atoms with Gasteiger partial charge in [-0.3, -0.25) is 4.79 Å². The summed E-state index contributed by atoms with van der Waals surface area (Å²) >= 11 is 3.06. The van der Waals surface area contributed by atoms with Crippen molar-refractivity contribution in [3.05, 3.63) is 71.7 Å². The van der Waals surface area contributed by atoms with Crippen LogP contribution in [0.3, 0.4) is 0 Å². The Kier molecular flexibility index (Phi) is 5.50. The van der Waals surface area contributed by atoms with Gasteiger partial charge < -0.3 is 5.32 Å². The summed E-state index contributed by atoms with van der Waals surface area (Å²) in [6.07, 6.45) is 0. The zero-order valence-corrected chi connectivity index (χ0v) is 16.7. The number of amides is 1. The molecular weight excluding hydrogens is 395 g/mol. The number of rotatable bonds is 4. The number of aromatic nitrogens is 2. The summed E-state index contributed by atoms with van der Waals surface area (Å²) in [5, 5.41) is 7.27. The number of aliphatic imine (C=N–C) groups is 1. The van der Waals surface area contributed by atoms with Crippen LogP contribution < -0.4 is 5.32 Å². The topological polar surface area (TPSA) is 59.3 Å². The number of anilines is 1. The van der Waals surface area contributed by atoms with E-state index in [0.29, 0.717) is 11.5 Å². The third-order valence-electron chi connectivity index (χ3n) is 4.05. The van der Waals surface area contributed by atoms with Gasteiger partial charge in [-0.15, -0.1) is 0 Å². The van der Waals surface area contributed by atoms with Crippen molar-refractivity contribution in [3.8, 4) is 5.69 Å². The number of hydrogen-bond acceptors (Lipinski definition) is 5. The van der Waals surface area contributed by atoms with Crippen molar-refractivity contribution in [1.82, 2.24) is 9.78 Å². The van der Waals surface area contributed by atoms with Crippen LogP contribution in [0.5, 0.6) is 0 Å². The first-order valence-corrected chi connectivity index (χ1v) is 10.6. The summed E-state index contributed by atoms with van der Waals surface area (Å²) in [5.41, 5.74) is 3.62. The Bertz CT molecular complexity index is 1050. The number of benzene rings is 2. The van der Waals surface area contributed by atoms with Crippen LogP contribution in [0.1, 0.15) is 11.3 Å². The monoisotopic (exact) mass is 412 g/mol. The summed E-state index contributed by atoms with van der Waals surface area (Å²) in [5.74, 6) is 1.21. The first-order valence-electron chi connectivity index (χ1n) is 8.63. The van der Waals surface area contributed by atoms with Gasteiger partial charge in [-0.25, -0.2) is 14.1 Å². The maximum atomic E-state index is 13.2. The highest BCUT2D eigenvalue weighted by atomic mass is 32.2. The van der Waals surface area contributed by atoms with Gasteiger partial charge in [-0.2, -0.15) is 5.10 Å². The average molecular weight is 413 g/mol. The Balaban J connectivity index is 1.42. The molecule has 1 aliphatic rings. The molecule has 1 N–H and O–H groups in total. The van der Waals surface area contributed by atoms with E-state index in [1.807, 2.05) is 25.1 Å². The van der Waals surface area contributed by atoms with Crippen LogP contribution in [0.4, 0.5) is 15.9 Å². The molecule has 4 rings (SSSR count).